The number of nitrogens with zero attached hydrogens (tertiary/aromatic N) is 1. The van der Waals surface area contributed by atoms with Crippen molar-refractivity contribution in [2.24, 2.45) is 0 Å². The van der Waals surface area contributed by atoms with E-state index in [4.69, 9.17) is 4.74 Å². The Hall–Kier alpha value is -2.66. The van der Waals surface area contributed by atoms with Gasteiger partial charge in [-0.2, -0.15) is 0 Å². The van der Waals surface area contributed by atoms with Crippen molar-refractivity contribution in [3.05, 3.63) is 65.7 Å². The predicted molar refractivity (Wildman–Crippen MR) is 96.4 cm³/mol. The lowest BCUT2D eigenvalue weighted by molar-refractivity contribution is -0.129. The SMILES string of the molecule is Cc1cccc(N2CC(CNC(=O)Cc3ccccc3)OCC2=O)c1. The summed E-state index contributed by atoms with van der Waals surface area (Å²) in [6.07, 6.45) is 0.131. The maximum atomic E-state index is 12.1. The maximum Gasteiger partial charge on any atom is 0.253 e. The molecule has 2 aromatic carbocycles. The number of benzene rings is 2. The van der Waals surface area contributed by atoms with E-state index in [1.165, 1.54) is 0 Å². The fraction of sp³-hybridized carbons (Fsp3) is 0.300. The van der Waals surface area contributed by atoms with Crippen LogP contribution >= 0.6 is 0 Å². The Morgan fingerprint density at radius 2 is 2.00 bits per heavy atom. The van der Waals surface area contributed by atoms with Crippen LogP contribution in [0.15, 0.2) is 54.6 Å². The number of aryl methyl sites for hydroxylation is 1. The third-order valence-corrected chi connectivity index (χ3v) is 4.18. The van der Waals surface area contributed by atoms with E-state index in [1.54, 1.807) is 4.90 Å². The van der Waals surface area contributed by atoms with Gasteiger partial charge < -0.3 is 15.0 Å². The molecule has 25 heavy (non-hydrogen) atoms. The third-order valence-electron chi connectivity index (χ3n) is 4.18. The van der Waals surface area contributed by atoms with E-state index in [9.17, 15) is 9.59 Å². The second-order valence-electron chi connectivity index (χ2n) is 6.24. The van der Waals surface area contributed by atoms with Gasteiger partial charge in [-0.1, -0.05) is 42.5 Å². The van der Waals surface area contributed by atoms with Crippen molar-refractivity contribution in [3.8, 4) is 0 Å². The van der Waals surface area contributed by atoms with Crippen LogP contribution in [0.1, 0.15) is 11.1 Å². The number of hydrogen-bond acceptors (Lipinski definition) is 3. The zero-order valence-corrected chi connectivity index (χ0v) is 14.3. The molecule has 0 aromatic heterocycles. The first-order valence-corrected chi connectivity index (χ1v) is 8.41. The highest BCUT2D eigenvalue weighted by molar-refractivity contribution is 5.95. The molecule has 1 atom stereocenters. The average Bonchev–Trinajstić information content (AvgIpc) is 2.62. The molecule has 130 valence electrons. The molecule has 5 nitrogen and oxygen atoms in total. The first-order valence-electron chi connectivity index (χ1n) is 8.41. The Labute approximate surface area is 147 Å². The summed E-state index contributed by atoms with van der Waals surface area (Å²) in [5, 5.41) is 2.90. The summed E-state index contributed by atoms with van der Waals surface area (Å²) in [7, 11) is 0. The van der Waals surface area contributed by atoms with Crippen LogP contribution in [0.2, 0.25) is 0 Å². The molecule has 0 saturated carbocycles. The number of hydrogen-bond donors (Lipinski definition) is 1. The lowest BCUT2D eigenvalue weighted by atomic mass is 10.1. The third kappa shape index (κ3) is 4.67. The zero-order valence-electron chi connectivity index (χ0n) is 14.3. The predicted octanol–water partition coefficient (Wildman–Crippen LogP) is 2.09. The van der Waals surface area contributed by atoms with Crippen LogP contribution in [0.25, 0.3) is 0 Å². The Kier molecular flexibility index (Phi) is 5.46. The van der Waals surface area contributed by atoms with Crippen LogP contribution < -0.4 is 10.2 Å². The number of carbonyl (C=O) groups is 2. The number of carbonyl (C=O) groups excluding carboxylic acids is 2. The van der Waals surface area contributed by atoms with Crippen molar-refractivity contribution >= 4 is 17.5 Å². The highest BCUT2D eigenvalue weighted by Gasteiger charge is 2.27. The van der Waals surface area contributed by atoms with Gasteiger partial charge in [0.15, 0.2) is 0 Å². The van der Waals surface area contributed by atoms with Gasteiger partial charge in [0.25, 0.3) is 5.91 Å². The van der Waals surface area contributed by atoms with Crippen LogP contribution in [0, 0.1) is 6.92 Å². The summed E-state index contributed by atoms with van der Waals surface area (Å²) in [4.78, 5) is 25.9. The monoisotopic (exact) mass is 338 g/mol. The number of ether oxygens (including phenoxy) is 1. The van der Waals surface area contributed by atoms with Gasteiger partial charge in [0.05, 0.1) is 19.1 Å². The van der Waals surface area contributed by atoms with Gasteiger partial charge in [0.2, 0.25) is 5.91 Å². The molecule has 1 heterocycles. The molecule has 1 unspecified atom stereocenters. The Morgan fingerprint density at radius 1 is 1.20 bits per heavy atom. The van der Waals surface area contributed by atoms with Crippen molar-refractivity contribution in [1.82, 2.24) is 5.32 Å². The second kappa shape index (κ2) is 7.94. The van der Waals surface area contributed by atoms with E-state index in [0.29, 0.717) is 19.5 Å². The summed E-state index contributed by atoms with van der Waals surface area (Å²) in [5.74, 6) is -0.105. The molecule has 0 spiro atoms. The minimum Gasteiger partial charge on any atom is -0.365 e. The molecule has 0 radical (unpaired) electrons. The molecule has 2 aromatic rings. The summed E-state index contributed by atoms with van der Waals surface area (Å²) in [6.45, 7) is 2.86. The van der Waals surface area contributed by atoms with Crippen LogP contribution in [-0.2, 0) is 20.7 Å². The number of anilines is 1. The van der Waals surface area contributed by atoms with E-state index >= 15 is 0 Å². The molecule has 1 N–H and O–H groups in total. The highest BCUT2D eigenvalue weighted by atomic mass is 16.5. The van der Waals surface area contributed by atoms with Gasteiger partial charge in [0, 0.05) is 12.2 Å². The summed E-state index contributed by atoms with van der Waals surface area (Å²) >= 11 is 0. The van der Waals surface area contributed by atoms with Gasteiger partial charge in [-0.15, -0.1) is 0 Å². The van der Waals surface area contributed by atoms with Gasteiger partial charge in [-0.25, -0.2) is 0 Å². The minimum atomic E-state index is -0.210. The normalized spacial score (nSPS) is 17.4. The number of rotatable bonds is 5. The second-order valence-corrected chi connectivity index (χ2v) is 6.24. The summed E-state index contributed by atoms with van der Waals surface area (Å²) in [5.41, 5.74) is 2.94. The molecule has 1 saturated heterocycles. The first kappa shape index (κ1) is 17.2. The molecular formula is C20H22N2O3. The average molecular weight is 338 g/mol. The maximum absolute atomic E-state index is 12.1. The topological polar surface area (TPSA) is 58.6 Å². The van der Waals surface area contributed by atoms with Gasteiger partial charge in [-0.05, 0) is 30.2 Å². The molecule has 1 aliphatic rings. The van der Waals surface area contributed by atoms with Crippen LogP contribution in [0.3, 0.4) is 0 Å². The molecule has 3 rings (SSSR count). The van der Waals surface area contributed by atoms with E-state index in [1.807, 2.05) is 61.5 Å². The number of nitrogens with one attached hydrogen (secondary N) is 1. The Bertz CT molecular complexity index is 746. The van der Waals surface area contributed by atoms with Crippen molar-refractivity contribution in [2.75, 3.05) is 24.6 Å². The van der Waals surface area contributed by atoms with Gasteiger partial charge >= 0.3 is 0 Å². The van der Waals surface area contributed by atoms with Crippen molar-refractivity contribution in [2.45, 2.75) is 19.4 Å². The quantitative estimate of drug-likeness (QED) is 0.908. The van der Waals surface area contributed by atoms with Crippen LogP contribution in [0.4, 0.5) is 5.69 Å². The summed E-state index contributed by atoms with van der Waals surface area (Å²) < 4.78 is 5.57. The van der Waals surface area contributed by atoms with Crippen LogP contribution in [0.5, 0.6) is 0 Å². The summed E-state index contributed by atoms with van der Waals surface area (Å²) in [6, 6.07) is 17.4. The molecule has 0 bridgehead atoms. The molecule has 1 fully saturated rings. The van der Waals surface area contributed by atoms with E-state index in [2.05, 4.69) is 5.32 Å². The van der Waals surface area contributed by atoms with Gasteiger partial charge in [0.1, 0.15) is 6.61 Å². The van der Waals surface area contributed by atoms with Crippen molar-refractivity contribution < 1.29 is 14.3 Å². The highest BCUT2D eigenvalue weighted by Crippen LogP contribution is 2.19. The van der Waals surface area contributed by atoms with E-state index in [0.717, 1.165) is 16.8 Å². The lowest BCUT2D eigenvalue weighted by Gasteiger charge is -2.33. The van der Waals surface area contributed by atoms with Crippen molar-refractivity contribution in [1.29, 1.82) is 0 Å². The molecule has 5 heteroatoms. The zero-order chi connectivity index (χ0) is 17.6. The van der Waals surface area contributed by atoms with Gasteiger partial charge in [-0.3, -0.25) is 9.59 Å². The molecule has 0 aliphatic carbocycles. The number of amides is 2. The lowest BCUT2D eigenvalue weighted by Crippen LogP contribution is -2.50. The standard InChI is InChI=1S/C20H22N2O3/c1-15-6-5-9-17(10-15)22-13-18(25-14-20(22)24)12-21-19(23)11-16-7-3-2-4-8-16/h2-10,18H,11-14H2,1H3,(H,21,23). The molecule has 1 aliphatic heterocycles. The largest absolute Gasteiger partial charge is 0.365 e. The van der Waals surface area contributed by atoms with Crippen molar-refractivity contribution in [3.63, 3.8) is 0 Å². The fourth-order valence-electron chi connectivity index (χ4n) is 2.87. The fourth-order valence-corrected chi connectivity index (χ4v) is 2.87. The van der Waals surface area contributed by atoms with E-state index in [-0.39, 0.29) is 24.5 Å². The number of morpholine rings is 1. The smallest absolute Gasteiger partial charge is 0.253 e. The van der Waals surface area contributed by atoms with E-state index < -0.39 is 0 Å². The first-order chi connectivity index (χ1) is 12.1. The molecule has 2 amide bonds. The Balaban J connectivity index is 1.55. The minimum absolute atomic E-state index is 0.0349. The Morgan fingerprint density at radius 3 is 2.76 bits per heavy atom. The molecular weight excluding hydrogens is 316 g/mol. The van der Waals surface area contributed by atoms with Crippen LogP contribution in [-0.4, -0.2) is 37.6 Å².